The molecule has 5 heteroatoms. The first-order chi connectivity index (χ1) is 8.92. The fraction of sp³-hybridized carbons (Fsp3) is 0.571. The van der Waals surface area contributed by atoms with E-state index in [9.17, 15) is 8.42 Å². The molecule has 0 aliphatic rings. The monoisotopic (exact) mass is 285 g/mol. The third kappa shape index (κ3) is 4.21. The standard InChI is InChI=1S/C14H23NO3S/c1-4-5-9-19(16,17)11(2)14(15)12-7-6-8-13(10-12)18-3/h6-8,10-11,14H,4-5,9,15H2,1-3H3. The lowest BCUT2D eigenvalue weighted by Gasteiger charge is -2.21. The predicted molar refractivity (Wildman–Crippen MR) is 78.1 cm³/mol. The Morgan fingerprint density at radius 2 is 2.05 bits per heavy atom. The van der Waals surface area contributed by atoms with E-state index in [4.69, 9.17) is 10.5 Å². The highest BCUT2D eigenvalue weighted by molar-refractivity contribution is 7.92. The van der Waals surface area contributed by atoms with E-state index in [1.807, 2.05) is 25.1 Å². The average Bonchev–Trinajstić information content (AvgIpc) is 2.43. The van der Waals surface area contributed by atoms with Crippen molar-refractivity contribution in [3.8, 4) is 5.75 Å². The Kier molecular flexibility index (Phi) is 5.82. The number of ether oxygens (including phenoxy) is 1. The molecular formula is C14H23NO3S. The average molecular weight is 285 g/mol. The Balaban J connectivity index is 2.89. The summed E-state index contributed by atoms with van der Waals surface area (Å²) in [5.74, 6) is 0.883. The third-order valence-electron chi connectivity index (χ3n) is 3.33. The number of hydrogen-bond acceptors (Lipinski definition) is 4. The van der Waals surface area contributed by atoms with Crippen LogP contribution in [-0.2, 0) is 9.84 Å². The second-order valence-corrected chi connectivity index (χ2v) is 7.21. The molecule has 1 rings (SSSR count). The van der Waals surface area contributed by atoms with Gasteiger partial charge in [-0.1, -0.05) is 25.5 Å². The molecule has 0 aliphatic carbocycles. The van der Waals surface area contributed by atoms with Crippen molar-refractivity contribution in [2.45, 2.75) is 38.0 Å². The number of rotatable bonds is 7. The summed E-state index contributed by atoms with van der Waals surface area (Å²) >= 11 is 0. The molecule has 0 bridgehead atoms. The van der Waals surface area contributed by atoms with Gasteiger partial charge in [0.2, 0.25) is 0 Å². The summed E-state index contributed by atoms with van der Waals surface area (Å²) in [6, 6.07) is 6.72. The normalized spacial score (nSPS) is 14.9. The quantitative estimate of drug-likeness (QED) is 0.834. The Bertz CT molecular complexity index is 499. The van der Waals surface area contributed by atoms with E-state index in [2.05, 4.69) is 0 Å². The van der Waals surface area contributed by atoms with Crippen LogP contribution in [0.2, 0.25) is 0 Å². The first-order valence-electron chi connectivity index (χ1n) is 6.53. The van der Waals surface area contributed by atoms with Crippen LogP contribution in [-0.4, -0.2) is 26.5 Å². The van der Waals surface area contributed by atoms with Crippen LogP contribution >= 0.6 is 0 Å². The maximum atomic E-state index is 12.1. The highest BCUT2D eigenvalue weighted by Crippen LogP contribution is 2.24. The molecular weight excluding hydrogens is 262 g/mol. The van der Waals surface area contributed by atoms with Crippen LogP contribution in [0.25, 0.3) is 0 Å². The number of unbranched alkanes of at least 4 members (excludes halogenated alkanes) is 1. The third-order valence-corrected chi connectivity index (χ3v) is 5.62. The van der Waals surface area contributed by atoms with Crippen LogP contribution in [0.5, 0.6) is 5.75 Å². The topological polar surface area (TPSA) is 69.4 Å². The molecule has 4 nitrogen and oxygen atoms in total. The van der Waals surface area contributed by atoms with Crippen LogP contribution in [0.3, 0.4) is 0 Å². The molecule has 2 N–H and O–H groups in total. The van der Waals surface area contributed by atoms with Crippen molar-refractivity contribution in [3.63, 3.8) is 0 Å². The fourth-order valence-corrected chi connectivity index (χ4v) is 3.54. The van der Waals surface area contributed by atoms with Crippen LogP contribution in [0.1, 0.15) is 38.3 Å². The summed E-state index contributed by atoms with van der Waals surface area (Å²) in [7, 11) is -1.58. The molecule has 0 aromatic heterocycles. The zero-order valence-corrected chi connectivity index (χ0v) is 12.6. The van der Waals surface area contributed by atoms with Crippen molar-refractivity contribution in [3.05, 3.63) is 29.8 Å². The van der Waals surface area contributed by atoms with Gasteiger partial charge in [0, 0.05) is 6.04 Å². The SMILES string of the molecule is CCCCS(=O)(=O)C(C)C(N)c1cccc(OC)c1. The van der Waals surface area contributed by atoms with E-state index in [1.165, 1.54) is 0 Å². The van der Waals surface area contributed by atoms with Crippen molar-refractivity contribution >= 4 is 9.84 Å². The highest BCUT2D eigenvalue weighted by Gasteiger charge is 2.27. The summed E-state index contributed by atoms with van der Waals surface area (Å²) < 4.78 is 29.4. The molecule has 1 aromatic rings. The number of sulfone groups is 1. The molecule has 0 spiro atoms. The first-order valence-corrected chi connectivity index (χ1v) is 8.25. The van der Waals surface area contributed by atoms with Gasteiger partial charge in [-0.05, 0) is 31.0 Å². The smallest absolute Gasteiger partial charge is 0.154 e. The highest BCUT2D eigenvalue weighted by atomic mass is 32.2. The number of benzene rings is 1. The lowest BCUT2D eigenvalue weighted by Crippen LogP contribution is -2.32. The van der Waals surface area contributed by atoms with Crippen molar-refractivity contribution in [1.29, 1.82) is 0 Å². The fourth-order valence-electron chi connectivity index (χ4n) is 1.87. The number of nitrogens with two attached hydrogens (primary N) is 1. The van der Waals surface area contributed by atoms with Crippen LogP contribution in [0.15, 0.2) is 24.3 Å². The minimum atomic E-state index is -3.16. The lowest BCUT2D eigenvalue weighted by atomic mass is 10.1. The molecule has 0 amide bonds. The van der Waals surface area contributed by atoms with Crippen molar-refractivity contribution in [1.82, 2.24) is 0 Å². The first kappa shape index (κ1) is 16.0. The predicted octanol–water partition coefficient (Wildman–Crippen LogP) is 2.30. The van der Waals surface area contributed by atoms with Gasteiger partial charge >= 0.3 is 0 Å². The Morgan fingerprint density at radius 3 is 2.63 bits per heavy atom. The second-order valence-electron chi connectivity index (χ2n) is 4.73. The van der Waals surface area contributed by atoms with E-state index in [0.717, 1.165) is 12.0 Å². The summed E-state index contributed by atoms with van der Waals surface area (Å²) in [4.78, 5) is 0. The molecule has 2 atom stereocenters. The van der Waals surface area contributed by atoms with Crippen molar-refractivity contribution < 1.29 is 13.2 Å². The summed E-state index contributed by atoms with van der Waals surface area (Å²) in [5, 5.41) is -0.592. The maximum Gasteiger partial charge on any atom is 0.154 e. The molecule has 108 valence electrons. The minimum absolute atomic E-state index is 0.197. The van der Waals surface area contributed by atoms with E-state index < -0.39 is 21.1 Å². The zero-order chi connectivity index (χ0) is 14.5. The molecule has 0 saturated carbocycles. The van der Waals surface area contributed by atoms with E-state index >= 15 is 0 Å². The second kappa shape index (κ2) is 6.91. The van der Waals surface area contributed by atoms with E-state index in [1.54, 1.807) is 20.1 Å². The van der Waals surface area contributed by atoms with Crippen molar-refractivity contribution in [2.24, 2.45) is 5.73 Å². The summed E-state index contributed by atoms with van der Waals surface area (Å²) in [6.07, 6.45) is 1.54. The zero-order valence-electron chi connectivity index (χ0n) is 11.8. The molecule has 2 unspecified atom stereocenters. The van der Waals surface area contributed by atoms with Crippen molar-refractivity contribution in [2.75, 3.05) is 12.9 Å². The number of hydrogen-bond donors (Lipinski definition) is 1. The summed E-state index contributed by atoms with van der Waals surface area (Å²) in [6.45, 7) is 3.65. The van der Waals surface area contributed by atoms with Crippen LogP contribution < -0.4 is 10.5 Å². The van der Waals surface area contributed by atoms with Crippen LogP contribution in [0, 0.1) is 0 Å². The Labute approximate surface area is 115 Å². The van der Waals surface area contributed by atoms with Gasteiger partial charge in [0.15, 0.2) is 9.84 Å². The Morgan fingerprint density at radius 1 is 1.37 bits per heavy atom. The van der Waals surface area contributed by atoms with Gasteiger partial charge in [-0.25, -0.2) is 8.42 Å². The molecule has 0 aliphatic heterocycles. The molecule has 0 fully saturated rings. The van der Waals surface area contributed by atoms with Gasteiger partial charge in [-0.3, -0.25) is 0 Å². The van der Waals surface area contributed by atoms with Gasteiger partial charge in [-0.15, -0.1) is 0 Å². The molecule has 1 aromatic carbocycles. The van der Waals surface area contributed by atoms with Gasteiger partial charge in [0.05, 0.1) is 18.1 Å². The van der Waals surface area contributed by atoms with Gasteiger partial charge in [0.1, 0.15) is 5.75 Å². The number of methoxy groups -OCH3 is 1. The van der Waals surface area contributed by atoms with Gasteiger partial charge in [-0.2, -0.15) is 0 Å². The van der Waals surface area contributed by atoms with E-state index in [0.29, 0.717) is 12.2 Å². The molecule has 0 saturated heterocycles. The van der Waals surface area contributed by atoms with E-state index in [-0.39, 0.29) is 5.75 Å². The largest absolute Gasteiger partial charge is 0.497 e. The van der Waals surface area contributed by atoms with Gasteiger partial charge < -0.3 is 10.5 Å². The summed E-state index contributed by atoms with van der Waals surface area (Å²) in [5.41, 5.74) is 6.87. The maximum absolute atomic E-state index is 12.1. The van der Waals surface area contributed by atoms with Gasteiger partial charge in [0.25, 0.3) is 0 Å². The molecule has 0 radical (unpaired) electrons. The molecule has 19 heavy (non-hydrogen) atoms. The minimum Gasteiger partial charge on any atom is -0.497 e. The molecule has 0 heterocycles. The van der Waals surface area contributed by atoms with Crippen LogP contribution in [0.4, 0.5) is 0 Å². The Hall–Kier alpha value is -1.07. The lowest BCUT2D eigenvalue weighted by molar-refractivity contribution is 0.413.